The van der Waals surface area contributed by atoms with Crippen LogP contribution in [-0.2, 0) is 4.74 Å². The molecule has 2 saturated heterocycles. The lowest BCUT2D eigenvalue weighted by atomic mass is 9.95. The van der Waals surface area contributed by atoms with Crippen LogP contribution in [0.4, 0.5) is 4.79 Å². The van der Waals surface area contributed by atoms with E-state index < -0.39 is 0 Å². The fourth-order valence-electron chi connectivity index (χ4n) is 3.11. The van der Waals surface area contributed by atoms with Crippen LogP contribution in [0.5, 0.6) is 0 Å². The van der Waals surface area contributed by atoms with E-state index in [0.717, 1.165) is 32.2 Å². The summed E-state index contributed by atoms with van der Waals surface area (Å²) < 4.78 is 5.25. The van der Waals surface area contributed by atoms with Crippen LogP contribution >= 0.6 is 0 Å². The molecule has 5 nitrogen and oxygen atoms in total. The van der Waals surface area contributed by atoms with Crippen LogP contribution < -0.4 is 0 Å². The number of carbonyl (C=O) groups excluding carboxylic acids is 1. The molecule has 0 aromatic carbocycles. The Morgan fingerprint density at radius 2 is 2.11 bits per heavy atom. The first-order valence-corrected chi connectivity index (χ1v) is 7.31. The molecule has 1 amide bonds. The molecular weight excluding hydrogens is 244 g/mol. The monoisotopic (exact) mass is 272 g/mol. The van der Waals surface area contributed by atoms with Crippen molar-refractivity contribution in [3.05, 3.63) is 0 Å². The fraction of sp³-hybridized carbons (Fsp3) is 0.929. The number of amides is 1. The van der Waals surface area contributed by atoms with Gasteiger partial charge in [0.15, 0.2) is 0 Å². The smallest absolute Gasteiger partial charge is 0.409 e. The van der Waals surface area contributed by atoms with Crippen molar-refractivity contribution in [2.24, 2.45) is 0 Å². The number of carbonyl (C=O) groups is 1. The summed E-state index contributed by atoms with van der Waals surface area (Å²) in [6.07, 6.45) is 3.96. The molecule has 0 spiro atoms. The minimum absolute atomic E-state index is 0.0187. The third-order valence-corrected chi connectivity index (χ3v) is 4.09. The van der Waals surface area contributed by atoms with Gasteiger partial charge in [0, 0.05) is 25.7 Å². The Morgan fingerprint density at radius 1 is 1.42 bits per heavy atom. The molecule has 2 aliphatic rings. The summed E-state index contributed by atoms with van der Waals surface area (Å²) in [6.45, 7) is 5.69. The first-order chi connectivity index (χ1) is 9.09. The molecule has 0 aliphatic carbocycles. The summed E-state index contributed by atoms with van der Waals surface area (Å²) in [5, 5.41) is 9.55. The first-order valence-electron chi connectivity index (χ1n) is 7.31. The second-order valence-electron chi connectivity index (χ2n) is 5.34. The Labute approximate surface area is 116 Å². The number of rotatable bonds is 3. The lowest BCUT2D eigenvalue weighted by Crippen LogP contribution is -2.46. The lowest BCUT2D eigenvalue weighted by Gasteiger charge is -2.33. The van der Waals surface area contributed by atoms with Gasteiger partial charge in [-0.3, -0.25) is 4.90 Å². The molecule has 5 heteroatoms. The third kappa shape index (κ3) is 3.39. The molecular formula is C14H28N2O3. The highest BCUT2D eigenvalue weighted by atomic mass is 16.6. The van der Waals surface area contributed by atoms with E-state index in [4.69, 9.17) is 4.74 Å². The second kappa shape index (κ2) is 7.10. The van der Waals surface area contributed by atoms with Gasteiger partial charge in [-0.2, -0.15) is 0 Å². The van der Waals surface area contributed by atoms with Crippen LogP contribution in [0.25, 0.3) is 0 Å². The summed E-state index contributed by atoms with van der Waals surface area (Å²) in [6, 6.07) is 0.286. The van der Waals surface area contributed by atoms with E-state index >= 15 is 0 Å². The van der Waals surface area contributed by atoms with Gasteiger partial charge in [-0.25, -0.2) is 4.79 Å². The van der Waals surface area contributed by atoms with Crippen molar-refractivity contribution >= 4 is 6.09 Å². The summed E-state index contributed by atoms with van der Waals surface area (Å²) >= 11 is 0. The van der Waals surface area contributed by atoms with Crippen LogP contribution in [0, 0.1) is 0 Å². The van der Waals surface area contributed by atoms with Crippen molar-refractivity contribution < 1.29 is 14.6 Å². The molecule has 0 unspecified atom stereocenters. The molecule has 0 saturated carbocycles. The van der Waals surface area contributed by atoms with E-state index in [-0.39, 0.29) is 24.3 Å². The molecule has 2 atom stereocenters. The number of aliphatic hydroxyl groups excluding tert-OH is 1. The maximum Gasteiger partial charge on any atom is 0.409 e. The van der Waals surface area contributed by atoms with Gasteiger partial charge < -0.3 is 14.7 Å². The quantitative estimate of drug-likeness (QED) is 0.849. The molecule has 112 valence electrons. The number of nitrogens with zero attached hydrogens (tertiary/aromatic N) is 2. The Morgan fingerprint density at radius 3 is 2.68 bits per heavy atom. The van der Waals surface area contributed by atoms with Crippen molar-refractivity contribution in [2.75, 3.05) is 33.9 Å². The van der Waals surface area contributed by atoms with Crippen LogP contribution in [0.1, 0.15) is 39.5 Å². The van der Waals surface area contributed by atoms with Crippen molar-refractivity contribution in [1.82, 2.24) is 9.80 Å². The van der Waals surface area contributed by atoms with Crippen molar-refractivity contribution in [3.8, 4) is 0 Å². The van der Waals surface area contributed by atoms with Crippen LogP contribution in [0.3, 0.4) is 0 Å². The summed E-state index contributed by atoms with van der Waals surface area (Å²) in [5.41, 5.74) is -0.0187. The maximum absolute atomic E-state index is 11.4. The van der Waals surface area contributed by atoms with Gasteiger partial charge >= 0.3 is 6.09 Å². The van der Waals surface area contributed by atoms with Gasteiger partial charge in [0.1, 0.15) is 6.61 Å². The molecule has 0 radical (unpaired) electrons. The third-order valence-electron chi connectivity index (χ3n) is 4.09. The molecule has 2 aliphatic heterocycles. The minimum Gasteiger partial charge on any atom is -0.448 e. The fourth-order valence-corrected chi connectivity index (χ4v) is 3.11. The van der Waals surface area contributed by atoms with Gasteiger partial charge in [-0.1, -0.05) is 13.8 Å². The van der Waals surface area contributed by atoms with Crippen molar-refractivity contribution in [2.45, 2.75) is 51.1 Å². The van der Waals surface area contributed by atoms with E-state index in [9.17, 15) is 9.90 Å². The summed E-state index contributed by atoms with van der Waals surface area (Å²) in [5.74, 6) is 0. The lowest BCUT2D eigenvalue weighted by molar-refractivity contribution is 0.0447. The van der Waals surface area contributed by atoms with Gasteiger partial charge in [0.05, 0.1) is 6.61 Å². The predicted molar refractivity (Wildman–Crippen MR) is 75.2 cm³/mol. The normalized spacial score (nSPS) is 29.4. The molecule has 0 aromatic rings. The highest BCUT2D eigenvalue weighted by Crippen LogP contribution is 2.41. The number of hydrogen-bond donors (Lipinski definition) is 1. The average Bonchev–Trinajstić information content (AvgIpc) is 2.97. The highest BCUT2D eigenvalue weighted by Gasteiger charge is 2.48. The van der Waals surface area contributed by atoms with E-state index in [1.807, 2.05) is 13.8 Å². The Bertz CT molecular complexity index is 296. The van der Waals surface area contributed by atoms with E-state index in [0.29, 0.717) is 6.61 Å². The van der Waals surface area contributed by atoms with Crippen molar-refractivity contribution in [1.29, 1.82) is 0 Å². The molecule has 0 bridgehead atoms. The van der Waals surface area contributed by atoms with Crippen molar-refractivity contribution in [3.63, 3.8) is 0 Å². The number of ether oxygens (including phenoxy) is 1. The Hall–Kier alpha value is -0.810. The number of aliphatic hydroxyl groups is 1. The number of hydrogen-bond acceptors (Lipinski definition) is 4. The maximum atomic E-state index is 11.4. The van der Waals surface area contributed by atoms with Gasteiger partial charge in [-0.05, 0) is 32.2 Å². The topological polar surface area (TPSA) is 53.0 Å². The van der Waals surface area contributed by atoms with Crippen LogP contribution in [-0.4, -0.2) is 66.4 Å². The van der Waals surface area contributed by atoms with E-state index in [1.54, 1.807) is 14.1 Å². The van der Waals surface area contributed by atoms with Gasteiger partial charge in [-0.15, -0.1) is 0 Å². The van der Waals surface area contributed by atoms with Gasteiger partial charge in [0.25, 0.3) is 0 Å². The predicted octanol–water partition coefficient (Wildman–Crippen LogP) is 1.70. The Kier molecular flexibility index (Phi) is 6.07. The molecule has 2 fully saturated rings. The molecule has 1 N–H and O–H groups in total. The standard InChI is InChI=1S/C12H22N2O3.C2H6/c1-13(2)11(16)17-8-10-4-6-12(9-15)5-3-7-14(10)12;1-2/h10,15H,3-9H2,1-2H3;1-2H3/t10-,12-;/m1./s1. The second-order valence-corrected chi connectivity index (χ2v) is 5.34. The van der Waals surface area contributed by atoms with E-state index in [1.165, 1.54) is 4.90 Å². The summed E-state index contributed by atoms with van der Waals surface area (Å²) in [7, 11) is 3.37. The number of fused-ring (bicyclic) bond motifs is 1. The molecule has 19 heavy (non-hydrogen) atoms. The van der Waals surface area contributed by atoms with E-state index in [2.05, 4.69) is 4.90 Å². The minimum atomic E-state index is -0.286. The summed E-state index contributed by atoms with van der Waals surface area (Å²) in [4.78, 5) is 15.2. The largest absolute Gasteiger partial charge is 0.448 e. The first kappa shape index (κ1) is 16.2. The zero-order valence-corrected chi connectivity index (χ0v) is 12.7. The van der Waals surface area contributed by atoms with Crippen LogP contribution in [0.15, 0.2) is 0 Å². The molecule has 2 heterocycles. The molecule has 0 aromatic heterocycles. The SMILES string of the molecule is CC.CN(C)C(=O)OC[C@H]1CC[C@@]2(CO)CCCN12. The Balaban J connectivity index is 0.000000861. The zero-order valence-electron chi connectivity index (χ0n) is 12.7. The average molecular weight is 272 g/mol. The van der Waals surface area contributed by atoms with Crippen LogP contribution in [0.2, 0.25) is 0 Å². The van der Waals surface area contributed by atoms with Gasteiger partial charge in [0.2, 0.25) is 0 Å². The highest BCUT2D eigenvalue weighted by molar-refractivity contribution is 5.66. The zero-order chi connectivity index (χ0) is 14.5. The molecule has 2 rings (SSSR count).